The summed E-state index contributed by atoms with van der Waals surface area (Å²) in [5, 5.41) is 6.86. The number of aromatic nitrogens is 3. The highest BCUT2D eigenvalue weighted by Crippen LogP contribution is 2.42. The SMILES string of the molecule is C[C@@H]1CN(c2ccc(Nc3ncc4c(n3)N(c3ccccn3)CC4(C)C)cc2)CCN1. The molecule has 0 unspecified atom stereocenters. The minimum Gasteiger partial charge on any atom is -0.369 e. The Morgan fingerprint density at radius 2 is 1.94 bits per heavy atom. The summed E-state index contributed by atoms with van der Waals surface area (Å²) in [7, 11) is 0. The first-order chi connectivity index (χ1) is 15.0. The first-order valence-electron chi connectivity index (χ1n) is 10.9. The highest BCUT2D eigenvalue weighted by molar-refractivity contribution is 5.68. The minimum atomic E-state index is -0.0343. The Morgan fingerprint density at radius 3 is 2.68 bits per heavy atom. The first-order valence-corrected chi connectivity index (χ1v) is 10.9. The first kappa shape index (κ1) is 19.8. The summed E-state index contributed by atoms with van der Waals surface area (Å²) in [5.41, 5.74) is 3.34. The molecule has 0 amide bonds. The zero-order chi connectivity index (χ0) is 21.4. The van der Waals surface area contributed by atoms with Gasteiger partial charge in [-0.1, -0.05) is 19.9 Å². The van der Waals surface area contributed by atoms with Crippen molar-refractivity contribution in [1.82, 2.24) is 20.3 Å². The molecule has 1 saturated heterocycles. The van der Waals surface area contributed by atoms with Gasteiger partial charge in [0.05, 0.1) is 0 Å². The molecule has 5 rings (SSSR count). The van der Waals surface area contributed by atoms with Crippen molar-refractivity contribution in [3.05, 3.63) is 60.4 Å². The number of hydrogen-bond acceptors (Lipinski definition) is 7. The molecule has 7 nitrogen and oxygen atoms in total. The van der Waals surface area contributed by atoms with Crippen LogP contribution >= 0.6 is 0 Å². The number of nitrogens with one attached hydrogen (secondary N) is 2. The molecule has 1 fully saturated rings. The molecule has 0 radical (unpaired) electrons. The molecular formula is C24H29N7. The summed E-state index contributed by atoms with van der Waals surface area (Å²) in [6.45, 7) is 10.6. The number of piperazine rings is 1. The van der Waals surface area contributed by atoms with E-state index in [9.17, 15) is 0 Å². The van der Waals surface area contributed by atoms with Gasteiger partial charge in [0.2, 0.25) is 5.95 Å². The van der Waals surface area contributed by atoms with Crippen LogP contribution in [0.25, 0.3) is 0 Å². The number of rotatable bonds is 4. The molecule has 1 atom stereocenters. The van der Waals surface area contributed by atoms with Crippen LogP contribution in [0.15, 0.2) is 54.9 Å². The van der Waals surface area contributed by atoms with Crippen molar-refractivity contribution in [3.63, 3.8) is 0 Å². The monoisotopic (exact) mass is 415 g/mol. The summed E-state index contributed by atoms with van der Waals surface area (Å²) in [6, 6.07) is 15.0. The number of fused-ring (bicyclic) bond motifs is 1. The molecule has 2 aliphatic heterocycles. The van der Waals surface area contributed by atoms with E-state index < -0.39 is 0 Å². The van der Waals surface area contributed by atoms with Gasteiger partial charge in [-0.25, -0.2) is 9.97 Å². The lowest BCUT2D eigenvalue weighted by molar-refractivity contribution is 0.485. The van der Waals surface area contributed by atoms with Crippen LogP contribution in [0, 0.1) is 0 Å². The standard InChI is InChI=1S/C24H29N7/c1-17-15-30(13-12-25-17)19-9-7-18(8-10-19)28-23-27-14-20-22(29-23)31(16-24(20,2)3)21-6-4-5-11-26-21/h4-11,14,17,25H,12-13,15-16H2,1-3H3,(H,27,28,29)/t17-/m1/s1. The van der Waals surface area contributed by atoms with Crippen LogP contribution in [0.4, 0.5) is 29.0 Å². The van der Waals surface area contributed by atoms with Crippen LogP contribution in [-0.2, 0) is 5.41 Å². The molecule has 1 aromatic carbocycles. The lowest BCUT2D eigenvalue weighted by Gasteiger charge is -2.33. The number of hydrogen-bond donors (Lipinski definition) is 2. The van der Waals surface area contributed by atoms with E-state index in [2.05, 4.69) is 75.4 Å². The number of anilines is 5. The summed E-state index contributed by atoms with van der Waals surface area (Å²) in [6.07, 6.45) is 3.77. The van der Waals surface area contributed by atoms with Gasteiger partial charge < -0.3 is 20.4 Å². The van der Waals surface area contributed by atoms with Gasteiger partial charge in [0.1, 0.15) is 11.6 Å². The summed E-state index contributed by atoms with van der Waals surface area (Å²) >= 11 is 0. The van der Waals surface area contributed by atoms with Gasteiger partial charge >= 0.3 is 0 Å². The van der Waals surface area contributed by atoms with E-state index in [0.29, 0.717) is 12.0 Å². The smallest absolute Gasteiger partial charge is 0.229 e. The van der Waals surface area contributed by atoms with Gasteiger partial charge in [-0.3, -0.25) is 0 Å². The maximum absolute atomic E-state index is 4.87. The molecule has 2 aromatic heterocycles. The predicted molar refractivity (Wildman–Crippen MR) is 126 cm³/mol. The van der Waals surface area contributed by atoms with Crippen molar-refractivity contribution in [2.75, 3.05) is 41.3 Å². The normalized spacial score (nSPS) is 19.9. The van der Waals surface area contributed by atoms with Crippen molar-refractivity contribution in [1.29, 1.82) is 0 Å². The molecule has 0 aliphatic carbocycles. The summed E-state index contributed by atoms with van der Waals surface area (Å²) in [5.74, 6) is 2.43. The van der Waals surface area contributed by atoms with Gasteiger partial charge in [0.15, 0.2) is 0 Å². The minimum absolute atomic E-state index is 0.0343. The molecule has 7 heteroatoms. The molecule has 4 heterocycles. The summed E-state index contributed by atoms with van der Waals surface area (Å²) < 4.78 is 0. The second-order valence-corrected chi connectivity index (χ2v) is 9.06. The van der Waals surface area contributed by atoms with E-state index in [1.54, 1.807) is 0 Å². The third kappa shape index (κ3) is 3.93. The Hall–Kier alpha value is -3.19. The number of pyridine rings is 1. The molecule has 160 valence electrons. The van der Waals surface area contributed by atoms with Gasteiger partial charge in [0, 0.05) is 67.0 Å². The lowest BCUT2D eigenvalue weighted by atomic mass is 9.89. The largest absolute Gasteiger partial charge is 0.369 e. The molecule has 2 aliphatic rings. The average molecular weight is 416 g/mol. The maximum atomic E-state index is 4.87. The fraction of sp³-hybridized carbons (Fsp3) is 0.375. The van der Waals surface area contributed by atoms with Crippen LogP contribution in [0.2, 0.25) is 0 Å². The van der Waals surface area contributed by atoms with Crippen molar-refractivity contribution >= 4 is 29.0 Å². The fourth-order valence-electron chi connectivity index (χ4n) is 4.43. The quantitative estimate of drug-likeness (QED) is 0.671. The molecule has 0 spiro atoms. The molecule has 31 heavy (non-hydrogen) atoms. The van der Waals surface area contributed by atoms with E-state index in [4.69, 9.17) is 4.98 Å². The van der Waals surface area contributed by atoms with E-state index in [-0.39, 0.29) is 5.41 Å². The third-order valence-corrected chi connectivity index (χ3v) is 6.09. The van der Waals surface area contributed by atoms with Crippen LogP contribution in [-0.4, -0.2) is 47.2 Å². The molecule has 0 saturated carbocycles. The highest BCUT2D eigenvalue weighted by Gasteiger charge is 2.38. The fourth-order valence-corrected chi connectivity index (χ4v) is 4.43. The number of nitrogens with zero attached hydrogens (tertiary/aromatic N) is 5. The van der Waals surface area contributed by atoms with Crippen LogP contribution in [0.3, 0.4) is 0 Å². The zero-order valence-electron chi connectivity index (χ0n) is 18.3. The van der Waals surface area contributed by atoms with E-state index >= 15 is 0 Å². The van der Waals surface area contributed by atoms with Crippen LogP contribution in [0.1, 0.15) is 26.3 Å². The zero-order valence-corrected chi connectivity index (χ0v) is 18.3. The Balaban J connectivity index is 1.37. The second kappa shape index (κ2) is 7.81. The van der Waals surface area contributed by atoms with Gasteiger partial charge in [-0.05, 0) is 43.3 Å². The molecule has 3 aromatic rings. The molecular weight excluding hydrogens is 386 g/mol. The van der Waals surface area contributed by atoms with Crippen molar-refractivity contribution < 1.29 is 0 Å². The lowest BCUT2D eigenvalue weighted by Crippen LogP contribution is -2.49. The second-order valence-electron chi connectivity index (χ2n) is 9.06. The Kier molecular flexibility index (Phi) is 4.98. The van der Waals surface area contributed by atoms with Gasteiger partial charge in [-0.15, -0.1) is 0 Å². The Bertz CT molecular complexity index is 1050. The van der Waals surface area contributed by atoms with Gasteiger partial charge in [-0.2, -0.15) is 4.98 Å². The maximum Gasteiger partial charge on any atom is 0.229 e. The van der Waals surface area contributed by atoms with Crippen LogP contribution < -0.4 is 20.4 Å². The topological polar surface area (TPSA) is 69.2 Å². The van der Waals surface area contributed by atoms with Crippen molar-refractivity contribution in [3.8, 4) is 0 Å². The van der Waals surface area contributed by atoms with E-state index in [1.807, 2.05) is 30.6 Å². The Labute approximate surface area is 183 Å². The van der Waals surface area contributed by atoms with Crippen molar-refractivity contribution in [2.24, 2.45) is 0 Å². The summed E-state index contributed by atoms with van der Waals surface area (Å²) in [4.78, 5) is 18.6. The average Bonchev–Trinajstić information content (AvgIpc) is 3.05. The third-order valence-electron chi connectivity index (χ3n) is 6.09. The van der Waals surface area contributed by atoms with Gasteiger partial charge in [0.25, 0.3) is 0 Å². The molecule has 0 bridgehead atoms. The Morgan fingerprint density at radius 1 is 1.10 bits per heavy atom. The molecule has 2 N–H and O–H groups in total. The van der Waals surface area contributed by atoms with Crippen LogP contribution in [0.5, 0.6) is 0 Å². The van der Waals surface area contributed by atoms with E-state index in [0.717, 1.165) is 49.1 Å². The van der Waals surface area contributed by atoms with E-state index in [1.165, 1.54) is 5.69 Å². The highest BCUT2D eigenvalue weighted by atomic mass is 15.3. The predicted octanol–water partition coefficient (Wildman–Crippen LogP) is 3.84. The number of benzene rings is 1. The van der Waals surface area contributed by atoms with Crippen molar-refractivity contribution in [2.45, 2.75) is 32.2 Å².